The summed E-state index contributed by atoms with van der Waals surface area (Å²) in [6, 6.07) is 0.417. The Balaban J connectivity index is 1.84. The average molecular weight is 268 g/mol. The maximum atomic E-state index is 11.9. The van der Waals surface area contributed by atoms with E-state index >= 15 is 0 Å². The highest BCUT2D eigenvalue weighted by Gasteiger charge is 2.46. The first-order chi connectivity index (χ1) is 8.92. The molecule has 1 amide bonds. The molecular formula is C14H28N4O. The molecule has 0 radical (unpaired) electrons. The lowest BCUT2D eigenvalue weighted by atomic mass is 10.0. The smallest absolute Gasteiger partial charge is 0.240 e. The van der Waals surface area contributed by atoms with Crippen molar-refractivity contribution in [1.82, 2.24) is 15.1 Å². The predicted molar refractivity (Wildman–Crippen MR) is 76.9 cm³/mol. The number of piperazine rings is 1. The van der Waals surface area contributed by atoms with E-state index < -0.39 is 5.54 Å². The number of nitrogens with zero attached hydrogens (tertiary/aromatic N) is 2. The van der Waals surface area contributed by atoms with Crippen LogP contribution in [0.2, 0.25) is 0 Å². The van der Waals surface area contributed by atoms with Crippen molar-refractivity contribution >= 4 is 5.91 Å². The molecule has 1 saturated heterocycles. The fourth-order valence-electron chi connectivity index (χ4n) is 2.68. The third-order valence-electron chi connectivity index (χ3n) is 4.49. The van der Waals surface area contributed by atoms with Gasteiger partial charge in [0.05, 0.1) is 5.54 Å². The first kappa shape index (κ1) is 14.8. The van der Waals surface area contributed by atoms with Gasteiger partial charge in [0, 0.05) is 38.8 Å². The van der Waals surface area contributed by atoms with Crippen molar-refractivity contribution in [3.05, 3.63) is 0 Å². The molecule has 2 rings (SSSR count). The van der Waals surface area contributed by atoms with Crippen LogP contribution in [0.15, 0.2) is 0 Å². The van der Waals surface area contributed by atoms with E-state index in [0.29, 0.717) is 12.0 Å². The van der Waals surface area contributed by atoms with Crippen molar-refractivity contribution in [2.45, 2.75) is 38.3 Å². The van der Waals surface area contributed by atoms with Gasteiger partial charge in [-0.2, -0.15) is 0 Å². The third-order valence-corrected chi connectivity index (χ3v) is 4.49. The Labute approximate surface area is 116 Å². The molecule has 2 fully saturated rings. The number of hydrogen-bond donors (Lipinski definition) is 2. The van der Waals surface area contributed by atoms with Crippen LogP contribution in [-0.4, -0.2) is 67.1 Å². The summed E-state index contributed by atoms with van der Waals surface area (Å²) >= 11 is 0. The number of carbonyl (C=O) groups is 1. The summed E-state index contributed by atoms with van der Waals surface area (Å²) in [5.74, 6) is 0.573. The van der Waals surface area contributed by atoms with Crippen LogP contribution in [0.3, 0.4) is 0 Å². The lowest BCUT2D eigenvalue weighted by Gasteiger charge is -2.40. The van der Waals surface area contributed by atoms with E-state index in [9.17, 15) is 4.79 Å². The van der Waals surface area contributed by atoms with E-state index in [4.69, 9.17) is 5.73 Å². The van der Waals surface area contributed by atoms with Crippen LogP contribution in [0.1, 0.15) is 26.7 Å². The molecule has 2 aliphatic rings. The molecule has 19 heavy (non-hydrogen) atoms. The monoisotopic (exact) mass is 268 g/mol. The topological polar surface area (TPSA) is 61.6 Å². The van der Waals surface area contributed by atoms with Gasteiger partial charge in [-0.25, -0.2) is 0 Å². The average Bonchev–Trinajstić information content (AvgIpc) is 3.10. The lowest BCUT2D eigenvalue weighted by Crippen LogP contribution is -2.55. The van der Waals surface area contributed by atoms with Gasteiger partial charge in [0.15, 0.2) is 0 Å². The minimum Gasteiger partial charge on any atom is -0.353 e. The van der Waals surface area contributed by atoms with E-state index in [0.717, 1.165) is 45.6 Å². The highest BCUT2D eigenvalue weighted by molar-refractivity contribution is 5.88. The summed E-state index contributed by atoms with van der Waals surface area (Å²) in [4.78, 5) is 16.8. The molecule has 5 nitrogen and oxygen atoms in total. The van der Waals surface area contributed by atoms with Crippen LogP contribution in [0, 0.1) is 5.92 Å². The highest BCUT2D eigenvalue weighted by atomic mass is 16.2. The summed E-state index contributed by atoms with van der Waals surface area (Å²) < 4.78 is 0. The van der Waals surface area contributed by atoms with Crippen LogP contribution in [0.5, 0.6) is 0 Å². The minimum absolute atomic E-state index is 0.0345. The summed E-state index contributed by atoms with van der Waals surface area (Å²) in [6.45, 7) is 9.57. The van der Waals surface area contributed by atoms with Crippen molar-refractivity contribution in [3.63, 3.8) is 0 Å². The molecule has 110 valence electrons. The molecule has 1 saturated carbocycles. The molecule has 3 N–H and O–H groups in total. The van der Waals surface area contributed by atoms with Crippen LogP contribution < -0.4 is 11.1 Å². The van der Waals surface area contributed by atoms with E-state index in [1.165, 1.54) is 0 Å². The third kappa shape index (κ3) is 3.68. The van der Waals surface area contributed by atoms with Gasteiger partial charge in [0.1, 0.15) is 0 Å². The molecule has 0 bridgehead atoms. The fourth-order valence-corrected chi connectivity index (χ4v) is 2.68. The van der Waals surface area contributed by atoms with Crippen molar-refractivity contribution in [1.29, 1.82) is 0 Å². The van der Waals surface area contributed by atoms with Gasteiger partial charge < -0.3 is 16.0 Å². The van der Waals surface area contributed by atoms with Crippen molar-refractivity contribution in [3.8, 4) is 0 Å². The fraction of sp³-hybridized carbons (Fsp3) is 0.929. The van der Waals surface area contributed by atoms with Crippen molar-refractivity contribution in [2.24, 2.45) is 11.7 Å². The molecule has 5 heteroatoms. The van der Waals surface area contributed by atoms with Gasteiger partial charge in [-0.15, -0.1) is 0 Å². The number of rotatable bonds is 5. The Morgan fingerprint density at radius 3 is 2.32 bits per heavy atom. The number of nitrogens with two attached hydrogens (primary N) is 1. The first-order valence-corrected chi connectivity index (χ1v) is 7.42. The Bertz CT molecular complexity index is 319. The molecular weight excluding hydrogens is 240 g/mol. The number of likely N-dealkylation sites (N-methyl/N-ethyl adjacent to an activating group) is 1. The Hall–Kier alpha value is -0.650. The quantitative estimate of drug-likeness (QED) is 0.729. The molecule has 1 atom stereocenters. The van der Waals surface area contributed by atoms with Crippen LogP contribution in [0.4, 0.5) is 0 Å². The minimum atomic E-state index is -0.552. The Morgan fingerprint density at radius 2 is 1.84 bits per heavy atom. The van der Waals surface area contributed by atoms with Gasteiger partial charge in [0.2, 0.25) is 5.91 Å². The van der Waals surface area contributed by atoms with Gasteiger partial charge in [-0.05, 0) is 25.8 Å². The zero-order chi connectivity index (χ0) is 14.0. The van der Waals surface area contributed by atoms with E-state index in [1.807, 2.05) is 0 Å². The summed E-state index contributed by atoms with van der Waals surface area (Å²) in [6.07, 6.45) is 1.67. The molecule has 0 spiro atoms. The summed E-state index contributed by atoms with van der Waals surface area (Å²) in [5, 5.41) is 3.06. The van der Waals surface area contributed by atoms with Crippen molar-refractivity contribution < 1.29 is 4.79 Å². The lowest BCUT2D eigenvalue weighted by molar-refractivity contribution is -0.123. The van der Waals surface area contributed by atoms with Gasteiger partial charge in [-0.1, -0.05) is 13.8 Å². The Morgan fingerprint density at radius 1 is 1.26 bits per heavy atom. The molecule has 1 unspecified atom stereocenters. The molecule has 0 aromatic heterocycles. The maximum absolute atomic E-state index is 11.9. The van der Waals surface area contributed by atoms with Crippen LogP contribution >= 0.6 is 0 Å². The number of amides is 1. The number of carbonyl (C=O) groups excluding carboxylic acids is 1. The first-order valence-electron chi connectivity index (χ1n) is 7.42. The second kappa shape index (κ2) is 5.77. The second-order valence-corrected chi connectivity index (χ2v) is 6.52. The van der Waals surface area contributed by atoms with Gasteiger partial charge in [0.25, 0.3) is 0 Å². The Kier molecular flexibility index (Phi) is 4.48. The number of nitrogens with one attached hydrogen (secondary N) is 1. The van der Waals surface area contributed by atoms with E-state index in [1.54, 1.807) is 0 Å². The SMILES string of the molecule is CC(C)C(CNC(=O)C1(N)CC1)N1CCN(C)CC1. The zero-order valence-corrected chi connectivity index (χ0v) is 12.5. The second-order valence-electron chi connectivity index (χ2n) is 6.52. The van der Waals surface area contributed by atoms with Crippen molar-refractivity contribution in [2.75, 3.05) is 39.8 Å². The van der Waals surface area contributed by atoms with E-state index in [-0.39, 0.29) is 5.91 Å². The van der Waals surface area contributed by atoms with Crippen LogP contribution in [0.25, 0.3) is 0 Å². The molecule has 1 aliphatic heterocycles. The largest absolute Gasteiger partial charge is 0.353 e. The van der Waals surface area contributed by atoms with E-state index in [2.05, 4.69) is 36.0 Å². The van der Waals surface area contributed by atoms with Crippen LogP contribution in [-0.2, 0) is 4.79 Å². The van der Waals surface area contributed by atoms with Gasteiger partial charge >= 0.3 is 0 Å². The molecule has 1 heterocycles. The molecule has 0 aromatic rings. The normalized spacial score (nSPS) is 25.3. The summed E-state index contributed by atoms with van der Waals surface area (Å²) in [5.41, 5.74) is 5.36. The molecule has 1 aliphatic carbocycles. The zero-order valence-electron chi connectivity index (χ0n) is 12.5. The molecule has 0 aromatic carbocycles. The van der Waals surface area contributed by atoms with Gasteiger partial charge in [-0.3, -0.25) is 9.69 Å². The summed E-state index contributed by atoms with van der Waals surface area (Å²) in [7, 11) is 2.16. The maximum Gasteiger partial charge on any atom is 0.240 e. The number of hydrogen-bond acceptors (Lipinski definition) is 4. The standard InChI is InChI=1S/C14H28N4O/c1-11(2)12(18-8-6-17(3)7-9-18)10-16-13(19)14(15)4-5-14/h11-12H,4-10,15H2,1-3H3,(H,16,19). The highest BCUT2D eigenvalue weighted by Crippen LogP contribution is 2.32. The predicted octanol–water partition coefficient (Wildman–Crippen LogP) is -0.134.